The van der Waals surface area contributed by atoms with E-state index in [-0.39, 0.29) is 6.29 Å². The van der Waals surface area contributed by atoms with Crippen LogP contribution >= 0.6 is 0 Å². The molecule has 0 unspecified atom stereocenters. The average molecular weight is 360 g/mol. The highest BCUT2D eigenvalue weighted by molar-refractivity contribution is 5.84. The summed E-state index contributed by atoms with van der Waals surface area (Å²) in [7, 11) is 0. The van der Waals surface area contributed by atoms with E-state index < -0.39 is 68.3 Å². The molecule has 0 fully saturated rings. The Balaban J connectivity index is 0. The van der Waals surface area contributed by atoms with Crippen LogP contribution in [-0.2, 0) is 9.59 Å². The molecule has 0 saturated carbocycles. The summed E-state index contributed by atoms with van der Waals surface area (Å²) in [6.07, 6.45) is -12.1. The molecular formula is C12H24O12. The van der Waals surface area contributed by atoms with Crippen LogP contribution in [0.2, 0.25) is 0 Å². The Morgan fingerprint density at radius 2 is 1.17 bits per heavy atom. The highest BCUT2D eigenvalue weighted by Crippen LogP contribution is 2.03. The first-order valence-corrected chi connectivity index (χ1v) is 6.65. The third-order valence-corrected chi connectivity index (χ3v) is 2.81. The molecule has 0 aliphatic rings. The fourth-order valence-corrected chi connectivity index (χ4v) is 1.22. The van der Waals surface area contributed by atoms with E-state index in [4.69, 9.17) is 51.1 Å². The normalized spacial score (nSPS) is 19.8. The standard InChI is InChI=1S/2C6H12O6/c2*7-1-3(9)5(11)6(12)4(10)2-8/h3,5-9,11-12H,1-2H2;1,3-6,8-12H,2H2/t3-,5-,6-;3-,4+,5+,6+/m01/s1. The molecule has 12 heteroatoms. The molecule has 0 spiro atoms. The van der Waals surface area contributed by atoms with Gasteiger partial charge in [-0.15, -0.1) is 0 Å². The molecule has 0 aliphatic carbocycles. The van der Waals surface area contributed by atoms with Gasteiger partial charge < -0.3 is 55.9 Å². The molecule has 10 N–H and O–H groups in total. The lowest BCUT2D eigenvalue weighted by Gasteiger charge is -2.22. The molecule has 0 heterocycles. The quantitative estimate of drug-likeness (QED) is 0.164. The van der Waals surface area contributed by atoms with Crippen LogP contribution in [-0.4, -0.2) is 126 Å². The van der Waals surface area contributed by atoms with E-state index in [9.17, 15) is 9.59 Å². The van der Waals surface area contributed by atoms with E-state index in [1.165, 1.54) is 0 Å². The van der Waals surface area contributed by atoms with Gasteiger partial charge in [-0.25, -0.2) is 0 Å². The molecule has 0 aliphatic heterocycles. The van der Waals surface area contributed by atoms with E-state index in [2.05, 4.69) is 0 Å². The predicted molar refractivity (Wildman–Crippen MR) is 74.4 cm³/mol. The highest BCUT2D eigenvalue weighted by atomic mass is 16.4. The van der Waals surface area contributed by atoms with Gasteiger partial charge in [0.05, 0.1) is 13.2 Å². The third-order valence-electron chi connectivity index (χ3n) is 2.81. The van der Waals surface area contributed by atoms with Crippen LogP contribution in [0.5, 0.6) is 0 Å². The number of ketones is 1. The first-order chi connectivity index (χ1) is 11.1. The minimum Gasteiger partial charge on any atom is -0.394 e. The number of aliphatic hydroxyl groups is 10. The first-order valence-electron chi connectivity index (χ1n) is 6.65. The molecule has 144 valence electrons. The summed E-state index contributed by atoms with van der Waals surface area (Å²) >= 11 is 0. The van der Waals surface area contributed by atoms with Gasteiger partial charge in [0.2, 0.25) is 0 Å². The van der Waals surface area contributed by atoms with Gasteiger partial charge in [0.1, 0.15) is 49.3 Å². The van der Waals surface area contributed by atoms with Crippen LogP contribution in [0, 0.1) is 0 Å². The van der Waals surface area contributed by atoms with Crippen LogP contribution in [0.3, 0.4) is 0 Å². The average Bonchev–Trinajstić information content (AvgIpc) is 2.62. The van der Waals surface area contributed by atoms with Gasteiger partial charge in [-0.1, -0.05) is 0 Å². The molecule has 0 bridgehead atoms. The number of aliphatic hydroxyl groups excluding tert-OH is 10. The fraction of sp³-hybridized carbons (Fsp3) is 0.833. The van der Waals surface area contributed by atoms with Crippen molar-refractivity contribution in [1.82, 2.24) is 0 Å². The molecular weight excluding hydrogens is 336 g/mol. The van der Waals surface area contributed by atoms with Crippen molar-refractivity contribution < 1.29 is 60.7 Å². The van der Waals surface area contributed by atoms with Crippen LogP contribution in [0.4, 0.5) is 0 Å². The monoisotopic (exact) mass is 360 g/mol. The summed E-state index contributed by atoms with van der Waals surface area (Å²) in [4.78, 5) is 20.4. The minimum atomic E-state index is -1.86. The Morgan fingerprint density at radius 1 is 0.750 bits per heavy atom. The minimum absolute atomic E-state index is 0.0258. The van der Waals surface area contributed by atoms with E-state index in [1.54, 1.807) is 0 Å². The predicted octanol–water partition coefficient (Wildman–Crippen LogP) is -6.76. The molecule has 24 heavy (non-hydrogen) atoms. The zero-order valence-corrected chi connectivity index (χ0v) is 12.5. The maximum Gasteiger partial charge on any atom is 0.189 e. The van der Waals surface area contributed by atoms with Crippen molar-refractivity contribution in [2.75, 3.05) is 19.8 Å². The van der Waals surface area contributed by atoms with Crippen molar-refractivity contribution >= 4 is 12.1 Å². The second-order valence-corrected chi connectivity index (χ2v) is 4.67. The number of Topliss-reactive ketones (excluding diaryl/α,β-unsaturated/α-hetero) is 1. The van der Waals surface area contributed by atoms with Gasteiger partial charge in [0.25, 0.3) is 0 Å². The van der Waals surface area contributed by atoms with Gasteiger partial charge in [0, 0.05) is 0 Å². The van der Waals surface area contributed by atoms with Crippen LogP contribution in [0.1, 0.15) is 0 Å². The molecule has 0 amide bonds. The molecule has 12 nitrogen and oxygen atoms in total. The summed E-state index contributed by atoms with van der Waals surface area (Å²) < 4.78 is 0. The van der Waals surface area contributed by atoms with Gasteiger partial charge in [-0.2, -0.15) is 0 Å². The zero-order valence-electron chi connectivity index (χ0n) is 12.5. The largest absolute Gasteiger partial charge is 0.394 e. The van der Waals surface area contributed by atoms with Crippen molar-refractivity contribution in [1.29, 1.82) is 0 Å². The topological polar surface area (TPSA) is 236 Å². The summed E-state index contributed by atoms with van der Waals surface area (Å²) in [5, 5.41) is 86.6. The second-order valence-electron chi connectivity index (χ2n) is 4.67. The molecule has 0 aromatic rings. The van der Waals surface area contributed by atoms with Crippen molar-refractivity contribution in [3.63, 3.8) is 0 Å². The highest BCUT2D eigenvalue weighted by Gasteiger charge is 2.30. The van der Waals surface area contributed by atoms with Crippen LogP contribution in [0.15, 0.2) is 0 Å². The van der Waals surface area contributed by atoms with E-state index in [0.717, 1.165) is 0 Å². The van der Waals surface area contributed by atoms with E-state index in [1.807, 2.05) is 0 Å². The van der Waals surface area contributed by atoms with Gasteiger partial charge >= 0.3 is 0 Å². The van der Waals surface area contributed by atoms with Crippen molar-refractivity contribution in [3.8, 4) is 0 Å². The van der Waals surface area contributed by atoms with Crippen LogP contribution in [0.25, 0.3) is 0 Å². The Labute approximate surface area is 136 Å². The first kappa shape index (κ1) is 25.2. The molecule has 0 rings (SSSR count). The summed E-state index contributed by atoms with van der Waals surface area (Å²) in [5.74, 6) is -1.00. The van der Waals surface area contributed by atoms with E-state index >= 15 is 0 Å². The number of aldehydes is 1. The Morgan fingerprint density at radius 3 is 1.50 bits per heavy atom. The Bertz CT molecular complexity index is 351. The van der Waals surface area contributed by atoms with Gasteiger partial charge in [0.15, 0.2) is 12.1 Å². The second kappa shape index (κ2) is 13.3. The summed E-state index contributed by atoms with van der Waals surface area (Å²) in [6, 6.07) is 0. The summed E-state index contributed by atoms with van der Waals surface area (Å²) in [5.41, 5.74) is 0. The number of carbonyl (C=O) groups excluding carboxylic acids is 2. The smallest absolute Gasteiger partial charge is 0.189 e. The summed E-state index contributed by atoms with van der Waals surface area (Å²) in [6.45, 7) is -2.45. The zero-order chi connectivity index (χ0) is 19.4. The number of hydrogen-bond acceptors (Lipinski definition) is 12. The van der Waals surface area contributed by atoms with Gasteiger partial charge in [-0.05, 0) is 0 Å². The molecule has 0 radical (unpaired) electrons. The maximum atomic E-state index is 10.5. The van der Waals surface area contributed by atoms with Gasteiger partial charge in [-0.3, -0.25) is 4.79 Å². The van der Waals surface area contributed by atoms with E-state index in [0.29, 0.717) is 0 Å². The number of carbonyl (C=O) groups is 2. The lowest BCUT2D eigenvalue weighted by atomic mass is 10.0. The molecule has 0 saturated heterocycles. The lowest BCUT2D eigenvalue weighted by Crippen LogP contribution is -2.46. The third kappa shape index (κ3) is 8.70. The number of hydrogen-bond donors (Lipinski definition) is 10. The SMILES string of the molecule is O=C(CO)[C@H](O)[C@@H](O)[C@@H](O)CO.O=C[C@@H](O)[C@H](O)[C@@H](O)[C@@H](O)CO. The van der Waals surface area contributed by atoms with Crippen molar-refractivity contribution in [2.24, 2.45) is 0 Å². The van der Waals surface area contributed by atoms with Crippen LogP contribution < -0.4 is 0 Å². The Hall–Kier alpha value is -1.06. The molecule has 0 aromatic carbocycles. The van der Waals surface area contributed by atoms with Crippen molar-refractivity contribution in [2.45, 2.75) is 42.7 Å². The fourth-order valence-electron chi connectivity index (χ4n) is 1.22. The van der Waals surface area contributed by atoms with Crippen molar-refractivity contribution in [3.05, 3.63) is 0 Å². The lowest BCUT2D eigenvalue weighted by molar-refractivity contribution is -0.142. The molecule has 0 aromatic heterocycles. The molecule has 7 atom stereocenters. The maximum absolute atomic E-state index is 10.5. The number of rotatable bonds is 10. The Kier molecular flexibility index (Phi) is 13.9.